The fraction of sp³-hybridized carbons (Fsp3) is 0.0833. The van der Waals surface area contributed by atoms with Crippen LogP contribution in [0.1, 0.15) is 15.9 Å². The summed E-state index contributed by atoms with van der Waals surface area (Å²) < 4.78 is 10.3. The van der Waals surface area contributed by atoms with Gasteiger partial charge in [-0.15, -0.1) is 0 Å². The van der Waals surface area contributed by atoms with E-state index in [0.29, 0.717) is 28.1 Å². The van der Waals surface area contributed by atoms with Gasteiger partial charge in [0.05, 0.1) is 25.5 Å². The molecule has 0 radical (unpaired) electrons. The Morgan fingerprint density at radius 1 is 0.733 bits per heavy atom. The molecule has 1 aliphatic rings. The SMILES string of the molecule is COc1ccc(N/C=C2\C(=O)N(c3ccc(OC)cc3)C(=O)c3ccccc32)cc1. The lowest BCUT2D eigenvalue weighted by atomic mass is 9.93. The van der Waals surface area contributed by atoms with Crippen molar-refractivity contribution in [2.24, 2.45) is 0 Å². The van der Waals surface area contributed by atoms with Crippen LogP contribution in [0.2, 0.25) is 0 Å². The molecule has 0 unspecified atom stereocenters. The van der Waals surface area contributed by atoms with Gasteiger partial charge in [0.2, 0.25) is 0 Å². The first-order valence-corrected chi connectivity index (χ1v) is 9.35. The highest BCUT2D eigenvalue weighted by molar-refractivity contribution is 6.41. The molecule has 0 saturated carbocycles. The fourth-order valence-corrected chi connectivity index (χ4v) is 3.30. The van der Waals surface area contributed by atoms with E-state index in [1.54, 1.807) is 62.9 Å². The highest BCUT2D eigenvalue weighted by atomic mass is 16.5. The van der Waals surface area contributed by atoms with E-state index in [1.807, 2.05) is 30.3 Å². The Kier molecular flexibility index (Phi) is 5.22. The van der Waals surface area contributed by atoms with Gasteiger partial charge in [0.15, 0.2) is 0 Å². The summed E-state index contributed by atoms with van der Waals surface area (Å²) in [5.74, 6) is 0.629. The summed E-state index contributed by atoms with van der Waals surface area (Å²) in [6.45, 7) is 0. The number of hydrogen-bond acceptors (Lipinski definition) is 5. The molecular weight excluding hydrogens is 380 g/mol. The number of carbonyl (C=O) groups excluding carboxylic acids is 2. The minimum atomic E-state index is -0.398. The third-order valence-electron chi connectivity index (χ3n) is 4.89. The first-order valence-electron chi connectivity index (χ1n) is 9.35. The first-order chi connectivity index (χ1) is 14.6. The normalized spacial score (nSPS) is 14.5. The Bertz CT molecular complexity index is 1120. The number of ether oxygens (including phenoxy) is 2. The summed E-state index contributed by atoms with van der Waals surface area (Å²) in [5.41, 5.74) is 2.74. The van der Waals surface area contributed by atoms with Crippen molar-refractivity contribution in [3.63, 3.8) is 0 Å². The van der Waals surface area contributed by atoms with Gasteiger partial charge in [0, 0.05) is 23.0 Å². The van der Waals surface area contributed by atoms with Crippen LogP contribution in [-0.4, -0.2) is 26.0 Å². The second kappa shape index (κ2) is 8.13. The van der Waals surface area contributed by atoms with Crippen molar-refractivity contribution in [1.29, 1.82) is 0 Å². The smallest absolute Gasteiger partial charge is 0.267 e. The van der Waals surface area contributed by atoms with Gasteiger partial charge < -0.3 is 14.8 Å². The molecule has 1 heterocycles. The minimum Gasteiger partial charge on any atom is -0.497 e. The standard InChI is InChI=1S/C24H20N2O4/c1-29-18-11-7-16(8-12-18)25-15-22-20-5-3-4-6-21(20)23(27)26(24(22)28)17-9-13-19(30-2)14-10-17/h3-15,25H,1-2H3/b22-15-. The summed E-state index contributed by atoms with van der Waals surface area (Å²) in [4.78, 5) is 27.6. The maximum atomic E-state index is 13.3. The zero-order valence-corrected chi connectivity index (χ0v) is 16.6. The van der Waals surface area contributed by atoms with Gasteiger partial charge in [-0.3, -0.25) is 9.59 Å². The molecule has 6 nitrogen and oxygen atoms in total. The van der Waals surface area contributed by atoms with E-state index in [9.17, 15) is 9.59 Å². The van der Waals surface area contributed by atoms with E-state index in [4.69, 9.17) is 9.47 Å². The molecule has 150 valence electrons. The zero-order chi connectivity index (χ0) is 21.1. The first kappa shape index (κ1) is 19.3. The van der Waals surface area contributed by atoms with Crippen molar-refractivity contribution in [3.05, 3.63) is 90.1 Å². The van der Waals surface area contributed by atoms with E-state index >= 15 is 0 Å². The molecule has 0 atom stereocenters. The second-order valence-electron chi connectivity index (χ2n) is 6.62. The van der Waals surface area contributed by atoms with Crippen molar-refractivity contribution < 1.29 is 19.1 Å². The summed E-state index contributed by atoms with van der Waals surface area (Å²) in [5, 5.41) is 3.15. The second-order valence-corrected chi connectivity index (χ2v) is 6.62. The van der Waals surface area contributed by atoms with E-state index in [2.05, 4.69) is 5.32 Å². The zero-order valence-electron chi connectivity index (χ0n) is 16.6. The lowest BCUT2D eigenvalue weighted by Gasteiger charge is -2.28. The molecule has 0 aliphatic carbocycles. The van der Waals surface area contributed by atoms with Crippen LogP contribution in [0.15, 0.2) is 79.0 Å². The molecule has 3 aromatic rings. The summed E-state index contributed by atoms with van der Waals surface area (Å²) in [6.07, 6.45) is 1.63. The van der Waals surface area contributed by atoms with Crippen LogP contribution in [0.4, 0.5) is 11.4 Å². The van der Waals surface area contributed by atoms with Crippen LogP contribution < -0.4 is 19.7 Å². The topological polar surface area (TPSA) is 67.9 Å². The van der Waals surface area contributed by atoms with Crippen LogP contribution in [0.3, 0.4) is 0 Å². The van der Waals surface area contributed by atoms with Gasteiger partial charge in [-0.25, -0.2) is 4.90 Å². The van der Waals surface area contributed by atoms with Crippen molar-refractivity contribution in [3.8, 4) is 11.5 Å². The largest absolute Gasteiger partial charge is 0.497 e. The Labute approximate surface area is 174 Å². The summed E-state index contributed by atoms with van der Waals surface area (Å²) in [7, 11) is 3.17. The van der Waals surface area contributed by atoms with E-state index < -0.39 is 5.91 Å². The predicted octanol–water partition coefficient (Wildman–Crippen LogP) is 4.34. The number of imide groups is 1. The molecule has 0 saturated heterocycles. The Hall–Kier alpha value is -4.06. The predicted molar refractivity (Wildman–Crippen MR) is 116 cm³/mol. The number of anilines is 2. The average molecular weight is 400 g/mol. The molecule has 0 spiro atoms. The van der Waals surface area contributed by atoms with E-state index in [0.717, 1.165) is 11.4 Å². The van der Waals surface area contributed by atoms with Crippen molar-refractivity contribution in [1.82, 2.24) is 0 Å². The molecular formula is C24H20N2O4. The number of nitrogens with one attached hydrogen (secondary N) is 1. The van der Waals surface area contributed by atoms with Crippen molar-refractivity contribution in [2.75, 3.05) is 24.4 Å². The number of fused-ring (bicyclic) bond motifs is 1. The molecule has 30 heavy (non-hydrogen) atoms. The van der Waals surface area contributed by atoms with Gasteiger partial charge in [-0.1, -0.05) is 18.2 Å². The maximum absolute atomic E-state index is 13.3. The molecule has 0 aromatic heterocycles. The third-order valence-corrected chi connectivity index (χ3v) is 4.89. The number of amides is 2. The number of hydrogen-bond donors (Lipinski definition) is 1. The Morgan fingerprint density at radius 3 is 1.90 bits per heavy atom. The van der Waals surface area contributed by atoms with Crippen LogP contribution >= 0.6 is 0 Å². The molecule has 3 aromatic carbocycles. The molecule has 2 amide bonds. The number of nitrogens with zero attached hydrogens (tertiary/aromatic N) is 1. The Balaban J connectivity index is 1.73. The number of methoxy groups -OCH3 is 2. The van der Waals surface area contributed by atoms with Gasteiger partial charge in [-0.05, 0) is 54.6 Å². The molecule has 0 fully saturated rings. The minimum absolute atomic E-state index is 0.359. The van der Waals surface area contributed by atoms with Gasteiger partial charge in [0.1, 0.15) is 11.5 Å². The lowest BCUT2D eigenvalue weighted by molar-refractivity contribution is -0.112. The van der Waals surface area contributed by atoms with Crippen LogP contribution in [0, 0.1) is 0 Å². The highest BCUT2D eigenvalue weighted by Crippen LogP contribution is 2.33. The van der Waals surface area contributed by atoms with E-state index in [-0.39, 0.29) is 5.91 Å². The van der Waals surface area contributed by atoms with Gasteiger partial charge in [-0.2, -0.15) is 0 Å². The van der Waals surface area contributed by atoms with Crippen molar-refractivity contribution in [2.45, 2.75) is 0 Å². The molecule has 0 bridgehead atoms. The average Bonchev–Trinajstić information content (AvgIpc) is 2.80. The third kappa shape index (κ3) is 3.51. The quantitative estimate of drug-likeness (QED) is 0.510. The van der Waals surface area contributed by atoms with E-state index in [1.165, 1.54) is 4.90 Å². The van der Waals surface area contributed by atoms with Crippen LogP contribution in [0.5, 0.6) is 11.5 Å². The Morgan fingerprint density at radius 2 is 1.30 bits per heavy atom. The molecule has 1 N–H and O–H groups in total. The molecule has 6 heteroatoms. The summed E-state index contributed by atoms with van der Waals surface area (Å²) in [6, 6.07) is 21.3. The molecule has 4 rings (SSSR count). The van der Waals surface area contributed by atoms with Crippen LogP contribution in [0.25, 0.3) is 5.57 Å². The lowest BCUT2D eigenvalue weighted by Crippen LogP contribution is -2.42. The number of rotatable bonds is 5. The van der Waals surface area contributed by atoms with Gasteiger partial charge >= 0.3 is 0 Å². The summed E-state index contributed by atoms with van der Waals surface area (Å²) >= 11 is 0. The molecule has 1 aliphatic heterocycles. The van der Waals surface area contributed by atoms with Gasteiger partial charge in [0.25, 0.3) is 11.8 Å². The highest BCUT2D eigenvalue weighted by Gasteiger charge is 2.35. The van der Waals surface area contributed by atoms with Crippen molar-refractivity contribution >= 4 is 28.8 Å². The monoisotopic (exact) mass is 400 g/mol. The number of benzene rings is 3. The maximum Gasteiger partial charge on any atom is 0.267 e. The fourth-order valence-electron chi connectivity index (χ4n) is 3.30. The van der Waals surface area contributed by atoms with Crippen LogP contribution in [-0.2, 0) is 4.79 Å². The number of carbonyl (C=O) groups is 2.